The number of carbonyl (C=O) groups excluding carboxylic acids is 1. The normalized spacial score (nSPS) is 22.5. The summed E-state index contributed by atoms with van der Waals surface area (Å²) in [6.07, 6.45) is 4.89. The van der Waals surface area contributed by atoms with E-state index in [4.69, 9.17) is 0 Å². The van der Waals surface area contributed by atoms with Crippen LogP contribution in [0.25, 0.3) is 10.9 Å². The van der Waals surface area contributed by atoms with Gasteiger partial charge >= 0.3 is 0 Å². The molecule has 31 heavy (non-hydrogen) atoms. The minimum absolute atomic E-state index is 0.0785. The topological polar surface area (TPSA) is 55.2 Å². The summed E-state index contributed by atoms with van der Waals surface area (Å²) in [5.74, 6) is 1.20. The van der Waals surface area contributed by atoms with Gasteiger partial charge in [-0.3, -0.25) is 14.6 Å². The zero-order chi connectivity index (χ0) is 21.5. The van der Waals surface area contributed by atoms with Crippen LogP contribution in [0.15, 0.2) is 59.5 Å². The van der Waals surface area contributed by atoms with Gasteiger partial charge in [0, 0.05) is 54.0 Å². The molecule has 160 valence electrons. The summed E-state index contributed by atoms with van der Waals surface area (Å²) in [6, 6.07) is 15.4. The van der Waals surface area contributed by atoms with Crippen molar-refractivity contribution in [2.45, 2.75) is 45.1 Å². The molecule has 0 spiro atoms. The van der Waals surface area contributed by atoms with Gasteiger partial charge in [0.15, 0.2) is 0 Å². The standard InChI is InChI=1S/C26H29N3O2/c1-17(2)8-11-24-21-14-20(23-6-3-7-25(30)29(23)24)15-28(16-21)26(31)19-9-10-22-18(13-19)5-4-12-27-22/h3-7,9-10,12-13,17,20-21,24H,8,11,14-16H2,1-2H3/t20-,21+,24+/m1/s1. The van der Waals surface area contributed by atoms with Crippen molar-refractivity contribution in [1.29, 1.82) is 0 Å². The lowest BCUT2D eigenvalue weighted by atomic mass is 9.76. The second kappa shape index (κ2) is 7.95. The Morgan fingerprint density at radius 3 is 2.84 bits per heavy atom. The van der Waals surface area contributed by atoms with Crippen molar-refractivity contribution in [3.8, 4) is 0 Å². The fourth-order valence-corrected chi connectivity index (χ4v) is 5.47. The van der Waals surface area contributed by atoms with E-state index in [-0.39, 0.29) is 23.4 Å². The molecule has 0 aliphatic carbocycles. The highest BCUT2D eigenvalue weighted by Gasteiger charge is 2.41. The molecule has 1 fully saturated rings. The second-order valence-corrected chi connectivity index (χ2v) is 9.51. The van der Waals surface area contributed by atoms with Gasteiger partial charge in [-0.25, -0.2) is 0 Å². The summed E-state index contributed by atoms with van der Waals surface area (Å²) in [5.41, 5.74) is 2.81. The van der Waals surface area contributed by atoms with E-state index in [1.165, 1.54) is 0 Å². The summed E-state index contributed by atoms with van der Waals surface area (Å²) in [6.45, 7) is 5.84. The highest BCUT2D eigenvalue weighted by atomic mass is 16.2. The average molecular weight is 416 g/mol. The fourth-order valence-electron chi connectivity index (χ4n) is 5.47. The molecule has 2 aliphatic rings. The number of benzene rings is 1. The van der Waals surface area contributed by atoms with E-state index in [1.807, 2.05) is 45.9 Å². The zero-order valence-corrected chi connectivity index (χ0v) is 18.2. The maximum absolute atomic E-state index is 13.5. The smallest absolute Gasteiger partial charge is 0.253 e. The largest absolute Gasteiger partial charge is 0.338 e. The van der Waals surface area contributed by atoms with E-state index in [9.17, 15) is 9.59 Å². The Bertz CT molecular complexity index is 1180. The Kier molecular flexibility index (Phi) is 5.12. The van der Waals surface area contributed by atoms with Gasteiger partial charge < -0.3 is 9.47 Å². The molecule has 3 aromatic rings. The van der Waals surface area contributed by atoms with Crippen LogP contribution in [-0.2, 0) is 0 Å². The van der Waals surface area contributed by atoms with E-state index < -0.39 is 0 Å². The van der Waals surface area contributed by atoms with Crippen LogP contribution in [-0.4, -0.2) is 33.4 Å². The van der Waals surface area contributed by atoms with Crippen LogP contribution >= 0.6 is 0 Å². The minimum atomic E-state index is 0.0785. The summed E-state index contributed by atoms with van der Waals surface area (Å²) in [4.78, 5) is 32.6. The van der Waals surface area contributed by atoms with E-state index in [2.05, 4.69) is 24.9 Å². The van der Waals surface area contributed by atoms with Gasteiger partial charge in [0.2, 0.25) is 0 Å². The molecular formula is C26H29N3O2. The van der Waals surface area contributed by atoms with Gasteiger partial charge in [-0.1, -0.05) is 26.0 Å². The van der Waals surface area contributed by atoms with Crippen LogP contribution in [0, 0.1) is 11.8 Å². The molecule has 5 heteroatoms. The third-order valence-electron chi connectivity index (χ3n) is 6.98. The van der Waals surface area contributed by atoms with Gasteiger partial charge in [0.25, 0.3) is 11.5 Å². The first kappa shape index (κ1) is 20.0. The molecule has 0 saturated carbocycles. The monoisotopic (exact) mass is 415 g/mol. The van der Waals surface area contributed by atoms with Crippen molar-refractivity contribution in [3.05, 3.63) is 76.3 Å². The molecule has 0 N–H and O–H groups in total. The summed E-state index contributed by atoms with van der Waals surface area (Å²) >= 11 is 0. The van der Waals surface area contributed by atoms with E-state index >= 15 is 0 Å². The highest BCUT2D eigenvalue weighted by molar-refractivity contribution is 5.98. The molecule has 2 aromatic heterocycles. The number of amides is 1. The van der Waals surface area contributed by atoms with Crippen molar-refractivity contribution >= 4 is 16.8 Å². The SMILES string of the molecule is CC(C)CC[C@H]1[C@H]2C[C@H](CN(C(=O)c3ccc4ncccc4c3)C2)c2cccc(=O)n21. The van der Waals surface area contributed by atoms with Crippen LogP contribution in [0.3, 0.4) is 0 Å². The molecule has 4 heterocycles. The third kappa shape index (κ3) is 3.67. The summed E-state index contributed by atoms with van der Waals surface area (Å²) in [5, 5.41) is 0.984. The molecule has 1 saturated heterocycles. The summed E-state index contributed by atoms with van der Waals surface area (Å²) < 4.78 is 2.05. The molecule has 5 rings (SSSR count). The van der Waals surface area contributed by atoms with Crippen LogP contribution in [0.1, 0.15) is 61.1 Å². The molecule has 0 radical (unpaired) electrons. The van der Waals surface area contributed by atoms with Gasteiger partial charge in [0.1, 0.15) is 0 Å². The molecule has 3 atom stereocenters. The van der Waals surface area contributed by atoms with Crippen LogP contribution in [0.2, 0.25) is 0 Å². The van der Waals surface area contributed by atoms with Crippen LogP contribution in [0.5, 0.6) is 0 Å². The number of fused-ring (bicyclic) bond motifs is 5. The van der Waals surface area contributed by atoms with Gasteiger partial charge in [-0.15, -0.1) is 0 Å². The number of rotatable bonds is 4. The quantitative estimate of drug-likeness (QED) is 0.624. The predicted molar refractivity (Wildman–Crippen MR) is 122 cm³/mol. The molecule has 1 aromatic carbocycles. The first-order valence-corrected chi connectivity index (χ1v) is 11.4. The zero-order valence-electron chi connectivity index (χ0n) is 18.2. The first-order chi connectivity index (χ1) is 15.0. The van der Waals surface area contributed by atoms with Gasteiger partial charge in [0.05, 0.1) is 5.52 Å². The number of hydrogen-bond donors (Lipinski definition) is 0. The lowest BCUT2D eigenvalue weighted by molar-refractivity contribution is 0.0513. The molecule has 2 aliphatic heterocycles. The van der Waals surface area contributed by atoms with Crippen molar-refractivity contribution in [1.82, 2.24) is 14.5 Å². The van der Waals surface area contributed by atoms with E-state index in [0.717, 1.165) is 35.9 Å². The number of hydrogen-bond acceptors (Lipinski definition) is 3. The van der Waals surface area contributed by atoms with Crippen molar-refractivity contribution in [2.24, 2.45) is 11.8 Å². The maximum Gasteiger partial charge on any atom is 0.253 e. The predicted octanol–water partition coefficient (Wildman–Crippen LogP) is 4.63. The Morgan fingerprint density at radius 2 is 2.00 bits per heavy atom. The molecule has 1 amide bonds. The van der Waals surface area contributed by atoms with Crippen molar-refractivity contribution < 1.29 is 4.79 Å². The number of likely N-dealkylation sites (tertiary alicyclic amines) is 1. The van der Waals surface area contributed by atoms with Gasteiger partial charge in [-0.2, -0.15) is 0 Å². The third-order valence-corrected chi connectivity index (χ3v) is 6.98. The highest BCUT2D eigenvalue weighted by Crippen LogP contribution is 2.43. The molecular weight excluding hydrogens is 386 g/mol. The first-order valence-electron chi connectivity index (χ1n) is 11.4. The lowest BCUT2D eigenvalue weighted by Gasteiger charge is -2.47. The Labute approximate surface area is 182 Å². The summed E-state index contributed by atoms with van der Waals surface area (Å²) in [7, 11) is 0. The minimum Gasteiger partial charge on any atom is -0.338 e. The number of pyridine rings is 2. The average Bonchev–Trinajstić information content (AvgIpc) is 2.78. The van der Waals surface area contributed by atoms with Gasteiger partial charge in [-0.05, 0) is 61.4 Å². The molecule has 2 bridgehead atoms. The maximum atomic E-state index is 13.5. The number of piperidine rings is 1. The fraction of sp³-hybridized carbons (Fsp3) is 0.423. The number of nitrogens with zero attached hydrogens (tertiary/aromatic N) is 3. The molecule has 5 nitrogen and oxygen atoms in total. The van der Waals surface area contributed by atoms with Crippen LogP contribution < -0.4 is 5.56 Å². The van der Waals surface area contributed by atoms with Crippen molar-refractivity contribution in [3.63, 3.8) is 0 Å². The second-order valence-electron chi connectivity index (χ2n) is 9.51. The Morgan fingerprint density at radius 1 is 1.13 bits per heavy atom. The Balaban J connectivity index is 1.47. The van der Waals surface area contributed by atoms with Crippen LogP contribution in [0.4, 0.5) is 0 Å². The van der Waals surface area contributed by atoms with E-state index in [1.54, 1.807) is 12.3 Å². The lowest BCUT2D eigenvalue weighted by Crippen LogP contribution is -2.51. The Hall–Kier alpha value is -2.95. The number of carbonyl (C=O) groups is 1. The number of aromatic nitrogens is 2. The van der Waals surface area contributed by atoms with Crippen molar-refractivity contribution in [2.75, 3.05) is 13.1 Å². The molecule has 0 unspecified atom stereocenters. The van der Waals surface area contributed by atoms with E-state index in [0.29, 0.717) is 30.5 Å².